The summed E-state index contributed by atoms with van der Waals surface area (Å²) in [6.45, 7) is 0. The Bertz CT molecular complexity index is 772. The number of nitrogens with zero attached hydrogens (tertiary/aromatic N) is 2. The Balaban J connectivity index is 2.24. The molecule has 0 aliphatic carbocycles. The van der Waals surface area contributed by atoms with Crippen LogP contribution in [0.3, 0.4) is 0 Å². The average molecular weight is 302 g/mol. The van der Waals surface area contributed by atoms with Crippen LogP contribution < -0.4 is 10.5 Å². The van der Waals surface area contributed by atoms with E-state index in [0.29, 0.717) is 33.4 Å². The number of rotatable bonds is 3. The molecule has 21 heavy (non-hydrogen) atoms. The van der Waals surface area contributed by atoms with Gasteiger partial charge in [-0.3, -0.25) is 4.98 Å². The molecule has 2 heterocycles. The molecule has 2 aromatic heterocycles. The third kappa shape index (κ3) is 2.43. The molecule has 0 aliphatic heterocycles. The number of nitrogen functional groups attached to an aromatic ring is 1. The maximum atomic E-state index is 6.06. The van der Waals surface area contributed by atoms with Crippen molar-refractivity contribution >= 4 is 17.4 Å². The smallest absolute Gasteiger partial charge is 0.182 e. The number of hydrogen-bond acceptors (Lipinski definition) is 5. The average Bonchev–Trinajstić information content (AvgIpc) is 2.89. The van der Waals surface area contributed by atoms with E-state index in [1.54, 1.807) is 31.5 Å². The Morgan fingerprint density at radius 1 is 1.24 bits per heavy atom. The van der Waals surface area contributed by atoms with Crippen molar-refractivity contribution in [2.24, 2.45) is 0 Å². The second kappa shape index (κ2) is 5.46. The van der Waals surface area contributed by atoms with E-state index in [2.05, 4.69) is 10.1 Å². The highest BCUT2D eigenvalue weighted by atomic mass is 35.5. The maximum Gasteiger partial charge on any atom is 0.182 e. The van der Waals surface area contributed by atoms with E-state index in [-0.39, 0.29) is 5.82 Å². The number of benzene rings is 1. The van der Waals surface area contributed by atoms with Gasteiger partial charge in [0.25, 0.3) is 0 Å². The predicted molar refractivity (Wildman–Crippen MR) is 81.1 cm³/mol. The van der Waals surface area contributed by atoms with Gasteiger partial charge in [0.1, 0.15) is 5.75 Å². The van der Waals surface area contributed by atoms with Crippen LogP contribution in [0.4, 0.5) is 5.82 Å². The minimum absolute atomic E-state index is 0.269. The highest BCUT2D eigenvalue weighted by Crippen LogP contribution is 2.40. The molecule has 0 unspecified atom stereocenters. The summed E-state index contributed by atoms with van der Waals surface area (Å²) in [5.41, 5.74) is 7.89. The highest BCUT2D eigenvalue weighted by Gasteiger charge is 2.21. The van der Waals surface area contributed by atoms with Crippen molar-refractivity contribution in [2.75, 3.05) is 12.8 Å². The van der Waals surface area contributed by atoms with Gasteiger partial charge in [0, 0.05) is 11.2 Å². The zero-order chi connectivity index (χ0) is 14.8. The molecule has 3 rings (SSSR count). The summed E-state index contributed by atoms with van der Waals surface area (Å²) in [6, 6.07) is 10.8. The number of anilines is 1. The third-order valence-corrected chi connectivity index (χ3v) is 3.28. The van der Waals surface area contributed by atoms with E-state index in [4.69, 9.17) is 26.6 Å². The van der Waals surface area contributed by atoms with Crippen molar-refractivity contribution in [3.8, 4) is 28.3 Å². The van der Waals surface area contributed by atoms with Gasteiger partial charge in [0.05, 0.1) is 23.9 Å². The van der Waals surface area contributed by atoms with Gasteiger partial charge in [-0.15, -0.1) is 0 Å². The lowest BCUT2D eigenvalue weighted by Gasteiger charge is -2.08. The molecular weight excluding hydrogens is 290 g/mol. The van der Waals surface area contributed by atoms with Crippen molar-refractivity contribution < 1.29 is 9.26 Å². The van der Waals surface area contributed by atoms with E-state index in [1.165, 1.54) is 0 Å². The summed E-state index contributed by atoms with van der Waals surface area (Å²) in [7, 11) is 1.58. The van der Waals surface area contributed by atoms with Crippen LogP contribution in [0.2, 0.25) is 5.02 Å². The summed E-state index contributed by atoms with van der Waals surface area (Å²) in [4.78, 5) is 4.29. The SMILES string of the molecule is COc1ccc(Cl)cc1-c1onc(N)c1-c1ccccn1. The molecule has 1 aromatic carbocycles. The fourth-order valence-corrected chi connectivity index (χ4v) is 2.27. The van der Waals surface area contributed by atoms with Gasteiger partial charge in [-0.1, -0.05) is 22.8 Å². The lowest BCUT2D eigenvalue weighted by atomic mass is 10.0. The zero-order valence-corrected chi connectivity index (χ0v) is 12.0. The Kier molecular flexibility index (Phi) is 3.50. The number of aromatic nitrogens is 2. The van der Waals surface area contributed by atoms with Crippen LogP contribution in [0.15, 0.2) is 47.1 Å². The Labute approximate surface area is 126 Å². The van der Waals surface area contributed by atoms with Crippen molar-refractivity contribution in [3.05, 3.63) is 47.6 Å². The molecule has 0 amide bonds. The molecule has 106 valence electrons. The van der Waals surface area contributed by atoms with Gasteiger partial charge >= 0.3 is 0 Å². The van der Waals surface area contributed by atoms with Gasteiger partial charge in [0.15, 0.2) is 11.6 Å². The van der Waals surface area contributed by atoms with Crippen molar-refractivity contribution in [3.63, 3.8) is 0 Å². The van der Waals surface area contributed by atoms with E-state index in [1.807, 2.05) is 18.2 Å². The van der Waals surface area contributed by atoms with Gasteiger partial charge in [-0.05, 0) is 30.3 Å². The fraction of sp³-hybridized carbons (Fsp3) is 0.0667. The summed E-state index contributed by atoms with van der Waals surface area (Å²) in [5, 5.41) is 4.40. The van der Waals surface area contributed by atoms with Crippen molar-refractivity contribution in [1.29, 1.82) is 0 Å². The van der Waals surface area contributed by atoms with Gasteiger partial charge in [0.2, 0.25) is 0 Å². The van der Waals surface area contributed by atoms with Crippen LogP contribution >= 0.6 is 11.6 Å². The molecular formula is C15H12ClN3O2. The van der Waals surface area contributed by atoms with Crippen molar-refractivity contribution in [2.45, 2.75) is 0 Å². The first kappa shape index (κ1) is 13.5. The molecule has 2 N–H and O–H groups in total. The molecule has 0 atom stereocenters. The summed E-state index contributed by atoms with van der Waals surface area (Å²) < 4.78 is 10.7. The molecule has 0 spiro atoms. The lowest BCUT2D eigenvalue weighted by Crippen LogP contribution is -1.92. The van der Waals surface area contributed by atoms with E-state index < -0.39 is 0 Å². The molecule has 3 aromatic rings. The molecule has 0 bridgehead atoms. The molecule has 0 saturated heterocycles. The van der Waals surface area contributed by atoms with Gasteiger partial charge < -0.3 is 15.0 Å². The third-order valence-electron chi connectivity index (χ3n) is 3.05. The number of pyridine rings is 1. The number of hydrogen-bond donors (Lipinski definition) is 1. The molecule has 0 aliphatic rings. The second-order valence-electron chi connectivity index (χ2n) is 4.33. The molecule has 0 fully saturated rings. The first-order chi connectivity index (χ1) is 10.2. The number of ether oxygens (including phenoxy) is 1. The minimum atomic E-state index is 0.269. The van der Waals surface area contributed by atoms with Gasteiger partial charge in [-0.2, -0.15) is 0 Å². The zero-order valence-electron chi connectivity index (χ0n) is 11.2. The summed E-state index contributed by atoms with van der Waals surface area (Å²) in [6.07, 6.45) is 1.68. The van der Waals surface area contributed by atoms with E-state index >= 15 is 0 Å². The highest BCUT2D eigenvalue weighted by molar-refractivity contribution is 6.31. The monoisotopic (exact) mass is 301 g/mol. The normalized spacial score (nSPS) is 10.6. The van der Waals surface area contributed by atoms with Crippen LogP contribution in [0.1, 0.15) is 0 Å². The molecule has 5 nitrogen and oxygen atoms in total. The van der Waals surface area contributed by atoms with Gasteiger partial charge in [-0.25, -0.2) is 0 Å². The maximum absolute atomic E-state index is 6.06. The largest absolute Gasteiger partial charge is 0.496 e. The molecule has 0 radical (unpaired) electrons. The minimum Gasteiger partial charge on any atom is -0.496 e. The van der Waals surface area contributed by atoms with Crippen LogP contribution in [0, 0.1) is 0 Å². The van der Waals surface area contributed by atoms with Crippen LogP contribution in [0.5, 0.6) is 5.75 Å². The standard InChI is InChI=1S/C15H12ClN3O2/c1-20-12-6-5-9(16)8-10(12)14-13(15(17)19-21-14)11-4-2-3-7-18-11/h2-8H,1H3,(H2,17,19). The quantitative estimate of drug-likeness (QED) is 0.799. The summed E-state index contributed by atoms with van der Waals surface area (Å²) >= 11 is 6.06. The van der Waals surface area contributed by atoms with E-state index in [0.717, 1.165) is 0 Å². The molecule has 6 heteroatoms. The first-order valence-corrected chi connectivity index (χ1v) is 6.59. The number of nitrogens with two attached hydrogens (primary N) is 1. The fourth-order valence-electron chi connectivity index (χ4n) is 2.10. The number of methoxy groups -OCH3 is 1. The van der Waals surface area contributed by atoms with Crippen LogP contribution in [0.25, 0.3) is 22.6 Å². The van der Waals surface area contributed by atoms with Crippen LogP contribution in [-0.2, 0) is 0 Å². The topological polar surface area (TPSA) is 74.2 Å². The lowest BCUT2D eigenvalue weighted by molar-refractivity contribution is 0.407. The molecule has 0 saturated carbocycles. The first-order valence-electron chi connectivity index (χ1n) is 6.21. The van der Waals surface area contributed by atoms with Crippen molar-refractivity contribution in [1.82, 2.24) is 10.1 Å². The predicted octanol–water partition coefficient (Wildman–Crippen LogP) is 3.65. The summed E-state index contributed by atoms with van der Waals surface area (Å²) in [5.74, 6) is 1.36. The van der Waals surface area contributed by atoms with Crippen LogP contribution in [-0.4, -0.2) is 17.3 Å². The Morgan fingerprint density at radius 2 is 2.10 bits per heavy atom. The Hall–Kier alpha value is -2.53. The second-order valence-corrected chi connectivity index (χ2v) is 4.77. The van der Waals surface area contributed by atoms with E-state index in [9.17, 15) is 0 Å². The number of halogens is 1. The Morgan fingerprint density at radius 3 is 2.81 bits per heavy atom.